The molecule has 0 unspecified atom stereocenters. The van der Waals surface area contributed by atoms with E-state index < -0.39 is 0 Å². The Labute approximate surface area is 302 Å². The first kappa shape index (κ1) is 29.1. The van der Waals surface area contributed by atoms with E-state index >= 15 is 0 Å². The van der Waals surface area contributed by atoms with Crippen molar-refractivity contribution in [3.8, 4) is 39.1 Å². The Morgan fingerprint density at radius 3 is 1.60 bits per heavy atom. The molecule has 1 aromatic heterocycles. The zero-order valence-corrected chi connectivity index (χ0v) is 28.5. The Morgan fingerprint density at radius 1 is 0.327 bits per heavy atom. The highest BCUT2D eigenvalue weighted by molar-refractivity contribution is 6.14. The molecule has 0 saturated heterocycles. The fourth-order valence-electron chi connectivity index (χ4n) is 8.94. The van der Waals surface area contributed by atoms with E-state index in [1.54, 1.807) is 0 Å². The van der Waals surface area contributed by atoms with Gasteiger partial charge in [0.25, 0.3) is 0 Å². The van der Waals surface area contributed by atoms with E-state index in [0.29, 0.717) is 0 Å². The number of hydrogen-bond acceptors (Lipinski definition) is 0. The van der Waals surface area contributed by atoms with Crippen LogP contribution in [0.3, 0.4) is 0 Å². The molecule has 0 aliphatic heterocycles. The molecule has 10 aromatic rings. The van der Waals surface area contributed by atoms with Crippen LogP contribution in [0.15, 0.2) is 194 Å². The highest BCUT2D eigenvalue weighted by Crippen LogP contribution is 2.49. The van der Waals surface area contributed by atoms with Crippen molar-refractivity contribution in [1.29, 1.82) is 0 Å². The van der Waals surface area contributed by atoms with Crippen LogP contribution >= 0.6 is 0 Å². The second-order valence-corrected chi connectivity index (χ2v) is 14.1. The number of hydrogen-bond donors (Lipinski definition) is 0. The van der Waals surface area contributed by atoms with Crippen LogP contribution in [0, 0.1) is 0 Å². The molecule has 0 radical (unpaired) electrons. The first-order valence-electron chi connectivity index (χ1n) is 18.1. The normalized spacial score (nSPS) is 12.5. The Kier molecular flexibility index (Phi) is 6.38. The summed E-state index contributed by atoms with van der Waals surface area (Å²) >= 11 is 0. The maximum absolute atomic E-state index is 2.45. The summed E-state index contributed by atoms with van der Waals surface area (Å²) in [5, 5.41) is 7.67. The van der Waals surface area contributed by atoms with E-state index in [4.69, 9.17) is 0 Å². The number of benzene rings is 9. The lowest BCUT2D eigenvalue weighted by atomic mass is 9.86. The molecule has 0 bridgehead atoms. The van der Waals surface area contributed by atoms with Crippen molar-refractivity contribution in [2.75, 3.05) is 0 Å². The molecule has 0 N–H and O–H groups in total. The van der Waals surface area contributed by atoms with Crippen LogP contribution in [-0.4, -0.2) is 4.57 Å². The van der Waals surface area contributed by atoms with Crippen molar-refractivity contribution in [2.45, 2.75) is 5.92 Å². The maximum atomic E-state index is 2.45. The number of nitrogens with zero attached hydrogens (tertiary/aromatic N) is 1. The van der Waals surface area contributed by atoms with Gasteiger partial charge in [0.1, 0.15) is 0 Å². The lowest BCUT2D eigenvalue weighted by Gasteiger charge is -2.17. The minimum Gasteiger partial charge on any atom is -0.309 e. The second kappa shape index (κ2) is 11.4. The summed E-state index contributed by atoms with van der Waals surface area (Å²) in [4.78, 5) is 0. The van der Waals surface area contributed by atoms with Gasteiger partial charge >= 0.3 is 0 Å². The van der Waals surface area contributed by atoms with E-state index in [-0.39, 0.29) is 5.92 Å². The number of para-hydroxylation sites is 2. The van der Waals surface area contributed by atoms with Gasteiger partial charge < -0.3 is 4.57 Å². The summed E-state index contributed by atoms with van der Waals surface area (Å²) in [6.07, 6.45) is 0. The fraction of sp³-hybridized carbons (Fsp3) is 0.0196. The van der Waals surface area contributed by atoms with Crippen molar-refractivity contribution >= 4 is 43.4 Å². The van der Waals surface area contributed by atoms with Crippen molar-refractivity contribution in [1.82, 2.24) is 4.57 Å². The molecule has 1 aliphatic rings. The fourth-order valence-corrected chi connectivity index (χ4v) is 8.94. The Morgan fingerprint density at radius 2 is 0.885 bits per heavy atom. The van der Waals surface area contributed by atoms with Gasteiger partial charge in [-0.25, -0.2) is 0 Å². The molecule has 1 heterocycles. The van der Waals surface area contributed by atoms with Crippen LogP contribution in [0.2, 0.25) is 0 Å². The quantitative estimate of drug-likeness (QED) is 0.166. The molecular weight excluding hydrogens is 627 g/mol. The van der Waals surface area contributed by atoms with Gasteiger partial charge in [-0.15, -0.1) is 0 Å². The zero-order valence-electron chi connectivity index (χ0n) is 28.5. The molecule has 0 spiro atoms. The lowest BCUT2D eigenvalue weighted by molar-refractivity contribution is 1.02. The Balaban J connectivity index is 1.03. The zero-order chi connectivity index (χ0) is 34.2. The predicted molar refractivity (Wildman–Crippen MR) is 219 cm³/mol. The SMILES string of the molecule is c1cc(-c2cccc(-n3c4ccccc4c4ccccc43)c2)cc(-c2cc3ccc(C4c5ccccc5-c5ccccc54)cc3c3ccccc23)c1. The van der Waals surface area contributed by atoms with E-state index in [9.17, 15) is 0 Å². The standard InChI is InChI=1S/C51H33N/c1-2-20-42-41(19-1)47(31-36-27-28-37(32-48(36)42)51-45-23-5-3-17-39(45)40-18-4-6-24-46(40)51)35-15-11-13-33(29-35)34-14-12-16-38(30-34)52-49-25-9-7-21-43(49)44-22-8-10-26-50(44)52/h1-32,51H. The van der Waals surface area contributed by atoms with Gasteiger partial charge in [-0.05, 0) is 114 Å². The third-order valence-electron chi connectivity index (χ3n) is 11.2. The summed E-state index contributed by atoms with van der Waals surface area (Å²) in [6.45, 7) is 0. The number of rotatable bonds is 4. The average Bonchev–Trinajstić information content (AvgIpc) is 3.74. The predicted octanol–water partition coefficient (Wildman–Crippen LogP) is 13.6. The van der Waals surface area contributed by atoms with Crippen molar-refractivity contribution in [2.24, 2.45) is 0 Å². The Bertz CT molecular complexity index is 2930. The minimum absolute atomic E-state index is 0.227. The molecule has 1 heteroatoms. The third-order valence-corrected chi connectivity index (χ3v) is 11.2. The van der Waals surface area contributed by atoms with Crippen LogP contribution in [0.4, 0.5) is 0 Å². The second-order valence-electron chi connectivity index (χ2n) is 14.1. The van der Waals surface area contributed by atoms with E-state index in [1.165, 1.54) is 99.1 Å². The number of fused-ring (bicyclic) bond motifs is 9. The van der Waals surface area contributed by atoms with Crippen LogP contribution in [0.25, 0.3) is 82.4 Å². The van der Waals surface area contributed by atoms with E-state index in [2.05, 4.69) is 199 Å². The molecule has 0 saturated carbocycles. The first-order chi connectivity index (χ1) is 25.8. The van der Waals surface area contributed by atoms with Gasteiger partial charge in [-0.3, -0.25) is 0 Å². The molecule has 52 heavy (non-hydrogen) atoms. The van der Waals surface area contributed by atoms with Crippen molar-refractivity contribution in [3.05, 3.63) is 211 Å². The molecular formula is C51H33N. The van der Waals surface area contributed by atoms with Crippen LogP contribution < -0.4 is 0 Å². The molecule has 242 valence electrons. The molecule has 1 nitrogen and oxygen atoms in total. The monoisotopic (exact) mass is 659 g/mol. The summed E-state index contributed by atoms with van der Waals surface area (Å²) in [5.74, 6) is 0.227. The highest BCUT2D eigenvalue weighted by atomic mass is 15.0. The minimum atomic E-state index is 0.227. The molecule has 0 fully saturated rings. The maximum Gasteiger partial charge on any atom is 0.0541 e. The molecule has 0 atom stereocenters. The third kappa shape index (κ3) is 4.36. The van der Waals surface area contributed by atoms with E-state index in [0.717, 1.165) is 0 Å². The van der Waals surface area contributed by atoms with Crippen molar-refractivity contribution < 1.29 is 0 Å². The van der Waals surface area contributed by atoms with Gasteiger partial charge in [0.05, 0.1) is 11.0 Å². The van der Waals surface area contributed by atoms with E-state index in [1.807, 2.05) is 0 Å². The topological polar surface area (TPSA) is 4.93 Å². The average molecular weight is 660 g/mol. The van der Waals surface area contributed by atoms with Gasteiger partial charge in [0, 0.05) is 22.4 Å². The van der Waals surface area contributed by atoms with Crippen molar-refractivity contribution in [3.63, 3.8) is 0 Å². The van der Waals surface area contributed by atoms with Gasteiger partial charge in [0.2, 0.25) is 0 Å². The molecule has 9 aromatic carbocycles. The largest absolute Gasteiger partial charge is 0.309 e. The summed E-state index contributed by atoms with van der Waals surface area (Å²) < 4.78 is 2.39. The van der Waals surface area contributed by atoms with Gasteiger partial charge in [-0.1, -0.05) is 152 Å². The molecule has 1 aliphatic carbocycles. The van der Waals surface area contributed by atoms with Crippen LogP contribution in [0.5, 0.6) is 0 Å². The lowest BCUT2D eigenvalue weighted by Crippen LogP contribution is -1.99. The van der Waals surface area contributed by atoms with Crippen LogP contribution in [-0.2, 0) is 0 Å². The Hall–Kier alpha value is -6.70. The van der Waals surface area contributed by atoms with Crippen LogP contribution in [0.1, 0.15) is 22.6 Å². The summed E-state index contributed by atoms with van der Waals surface area (Å²) in [6, 6.07) is 71.7. The molecule has 0 amide bonds. The summed E-state index contributed by atoms with van der Waals surface area (Å²) in [5.41, 5.74) is 15.3. The smallest absolute Gasteiger partial charge is 0.0541 e. The molecule has 11 rings (SSSR count). The number of aromatic nitrogens is 1. The summed E-state index contributed by atoms with van der Waals surface area (Å²) in [7, 11) is 0. The van der Waals surface area contributed by atoms with Gasteiger partial charge in [-0.2, -0.15) is 0 Å². The highest BCUT2D eigenvalue weighted by Gasteiger charge is 2.29. The first-order valence-corrected chi connectivity index (χ1v) is 18.1. The van der Waals surface area contributed by atoms with Gasteiger partial charge in [0.15, 0.2) is 0 Å².